The maximum absolute atomic E-state index is 11.2. The van der Waals surface area contributed by atoms with Crippen LogP contribution < -0.4 is 0 Å². The Hall–Kier alpha value is -1.10. The molecule has 0 saturated heterocycles. The zero-order valence-electron chi connectivity index (χ0n) is 9.54. The molecule has 0 spiro atoms. The first-order valence-corrected chi connectivity index (χ1v) is 5.93. The van der Waals surface area contributed by atoms with Gasteiger partial charge >= 0.3 is 0 Å². The summed E-state index contributed by atoms with van der Waals surface area (Å²) < 4.78 is 0. The monoisotopic (exact) mass is 306 g/mol. The lowest BCUT2D eigenvalue weighted by Gasteiger charge is -2.02. The Morgan fingerprint density at radius 1 is 1.17 bits per heavy atom. The van der Waals surface area contributed by atoms with Crippen LogP contribution in [0.1, 0.15) is 13.8 Å². The molecule has 0 aliphatic rings. The summed E-state index contributed by atoms with van der Waals surface area (Å²) in [7, 11) is 0. The van der Waals surface area contributed by atoms with E-state index in [1.54, 1.807) is 0 Å². The van der Waals surface area contributed by atoms with E-state index in [9.17, 15) is 9.90 Å². The number of benzene rings is 1. The van der Waals surface area contributed by atoms with Crippen molar-refractivity contribution >= 4 is 46.3 Å². The number of hydrogen-bond acceptors (Lipinski definition) is 4. The molecule has 0 atom stereocenters. The summed E-state index contributed by atoms with van der Waals surface area (Å²) in [5.74, 6) is -0.646. The Morgan fingerprint density at radius 3 is 2.06 bits per heavy atom. The fraction of sp³-hybridized carbons (Fsp3) is 0.182. The molecule has 0 radical (unpaired) electrons. The van der Waals surface area contributed by atoms with Crippen LogP contribution >= 0.6 is 34.8 Å². The molecule has 0 saturated carbocycles. The molecule has 0 aliphatic carbocycles. The van der Waals surface area contributed by atoms with Gasteiger partial charge in [0.1, 0.15) is 11.4 Å². The summed E-state index contributed by atoms with van der Waals surface area (Å²) in [6, 6.07) is 2.90. The molecule has 0 unspecified atom stereocenters. The number of nitrogens with zero attached hydrogens (tertiary/aromatic N) is 2. The van der Waals surface area contributed by atoms with Gasteiger partial charge in [-0.25, -0.2) is 0 Å². The van der Waals surface area contributed by atoms with Crippen LogP contribution in [-0.2, 0) is 4.79 Å². The molecule has 1 rings (SSSR count). The fourth-order valence-electron chi connectivity index (χ4n) is 1.13. The predicted octanol–water partition coefficient (Wildman–Crippen LogP) is 5.11. The Morgan fingerprint density at radius 2 is 1.67 bits per heavy atom. The number of aliphatic hydroxyl groups is 1. The molecular weight excluding hydrogens is 298 g/mol. The lowest BCUT2D eigenvalue weighted by Crippen LogP contribution is -1.96. The van der Waals surface area contributed by atoms with E-state index >= 15 is 0 Å². The van der Waals surface area contributed by atoms with Gasteiger partial charge in [-0.1, -0.05) is 34.8 Å². The van der Waals surface area contributed by atoms with E-state index in [4.69, 9.17) is 34.8 Å². The van der Waals surface area contributed by atoms with E-state index < -0.39 is 5.78 Å². The Bertz CT molecular complexity index is 526. The van der Waals surface area contributed by atoms with Gasteiger partial charge in [-0.3, -0.25) is 4.79 Å². The van der Waals surface area contributed by atoms with Gasteiger partial charge in [0, 0.05) is 11.9 Å². The third kappa shape index (κ3) is 3.70. The highest BCUT2D eigenvalue weighted by molar-refractivity contribution is 6.41. The van der Waals surface area contributed by atoms with Crippen molar-refractivity contribution in [2.75, 3.05) is 0 Å². The topological polar surface area (TPSA) is 62.0 Å². The number of carbonyl (C=O) groups excluding carboxylic acids is 1. The number of carbonyl (C=O) groups is 1. The second-order valence-corrected chi connectivity index (χ2v) is 4.66. The molecule has 18 heavy (non-hydrogen) atoms. The number of aliphatic hydroxyl groups excluding tert-OH is 1. The summed E-state index contributed by atoms with van der Waals surface area (Å²) >= 11 is 17.5. The SMILES string of the molecule is CC(=O)/C(N=Nc1c(Cl)cc(Cl)cc1Cl)=C(/C)O. The first kappa shape index (κ1) is 15.0. The zero-order valence-corrected chi connectivity index (χ0v) is 11.8. The van der Waals surface area contributed by atoms with E-state index in [1.807, 2.05) is 0 Å². The number of allylic oxidation sites excluding steroid dienone is 2. The van der Waals surface area contributed by atoms with Crippen molar-refractivity contribution < 1.29 is 9.90 Å². The van der Waals surface area contributed by atoms with Gasteiger partial charge in [0.05, 0.1) is 10.0 Å². The lowest BCUT2D eigenvalue weighted by molar-refractivity contribution is -0.113. The maximum atomic E-state index is 11.2. The average Bonchev–Trinajstić information content (AvgIpc) is 2.20. The maximum Gasteiger partial charge on any atom is 0.183 e. The minimum absolute atomic E-state index is 0.155. The smallest absolute Gasteiger partial charge is 0.183 e. The molecule has 96 valence electrons. The molecule has 0 fully saturated rings. The van der Waals surface area contributed by atoms with Crippen LogP contribution in [-0.4, -0.2) is 10.9 Å². The van der Waals surface area contributed by atoms with Gasteiger partial charge in [-0.15, -0.1) is 10.2 Å². The highest BCUT2D eigenvalue weighted by Crippen LogP contribution is 2.36. The standard InChI is InChI=1S/C11H9Cl3N2O2/c1-5(17)10(6(2)18)15-16-11-8(13)3-7(12)4-9(11)14/h3-4,17H,1-2H3/b10-5+,16-15?. The van der Waals surface area contributed by atoms with Crippen molar-refractivity contribution in [3.63, 3.8) is 0 Å². The predicted molar refractivity (Wildman–Crippen MR) is 72.0 cm³/mol. The van der Waals surface area contributed by atoms with Crippen molar-refractivity contribution in [1.29, 1.82) is 0 Å². The van der Waals surface area contributed by atoms with Crippen LogP contribution in [0.4, 0.5) is 5.69 Å². The second-order valence-electron chi connectivity index (χ2n) is 3.41. The van der Waals surface area contributed by atoms with E-state index in [1.165, 1.54) is 26.0 Å². The molecule has 1 N–H and O–H groups in total. The van der Waals surface area contributed by atoms with Gasteiger partial charge in [0.2, 0.25) is 0 Å². The molecule has 0 bridgehead atoms. The highest BCUT2D eigenvalue weighted by Gasteiger charge is 2.10. The van der Waals surface area contributed by atoms with Crippen LogP contribution in [0, 0.1) is 0 Å². The minimum atomic E-state index is -0.417. The van der Waals surface area contributed by atoms with E-state index in [0.717, 1.165) is 0 Å². The van der Waals surface area contributed by atoms with Gasteiger partial charge in [-0.2, -0.15) is 0 Å². The number of azo groups is 1. The van der Waals surface area contributed by atoms with E-state index in [0.29, 0.717) is 5.02 Å². The van der Waals surface area contributed by atoms with Crippen LogP contribution in [0.2, 0.25) is 15.1 Å². The summed E-state index contributed by atoms with van der Waals surface area (Å²) in [5, 5.41) is 17.4. The van der Waals surface area contributed by atoms with Crippen molar-refractivity contribution in [1.82, 2.24) is 0 Å². The van der Waals surface area contributed by atoms with E-state index in [2.05, 4.69) is 10.2 Å². The van der Waals surface area contributed by atoms with Crippen molar-refractivity contribution in [3.05, 3.63) is 38.7 Å². The number of halogens is 3. The third-order valence-corrected chi connectivity index (χ3v) is 2.70. The summed E-state index contributed by atoms with van der Waals surface area (Å²) in [4.78, 5) is 11.2. The summed E-state index contributed by atoms with van der Waals surface area (Å²) in [6.45, 7) is 2.60. The Labute approximate surface area is 119 Å². The molecule has 7 heteroatoms. The number of rotatable bonds is 3. The zero-order chi connectivity index (χ0) is 13.9. The fourth-order valence-corrected chi connectivity index (χ4v) is 2.02. The molecule has 0 amide bonds. The molecular formula is C11H9Cl3N2O2. The van der Waals surface area contributed by atoms with Gasteiger partial charge in [0.15, 0.2) is 11.5 Å². The molecule has 4 nitrogen and oxygen atoms in total. The first-order valence-electron chi connectivity index (χ1n) is 4.80. The number of hydrogen-bond donors (Lipinski definition) is 1. The first-order chi connectivity index (χ1) is 8.32. The molecule has 0 aromatic heterocycles. The largest absolute Gasteiger partial charge is 0.510 e. The number of Topliss-reactive ketones (excluding diaryl/α,β-unsaturated/α-hetero) is 1. The minimum Gasteiger partial charge on any atom is -0.510 e. The van der Waals surface area contributed by atoms with Crippen molar-refractivity contribution in [3.8, 4) is 0 Å². The second kappa shape index (κ2) is 6.18. The molecule has 0 aliphatic heterocycles. The average molecular weight is 308 g/mol. The normalized spacial score (nSPS) is 12.7. The summed E-state index contributed by atoms with van der Waals surface area (Å²) in [5.41, 5.74) is 0.0276. The van der Waals surface area contributed by atoms with E-state index in [-0.39, 0.29) is 27.2 Å². The van der Waals surface area contributed by atoms with Gasteiger partial charge in [0.25, 0.3) is 0 Å². The lowest BCUT2D eigenvalue weighted by atomic mass is 10.3. The van der Waals surface area contributed by atoms with Crippen LogP contribution in [0.5, 0.6) is 0 Å². The molecule has 0 heterocycles. The van der Waals surface area contributed by atoms with Crippen LogP contribution in [0.15, 0.2) is 33.8 Å². The van der Waals surface area contributed by atoms with Crippen molar-refractivity contribution in [2.24, 2.45) is 10.2 Å². The molecule has 1 aromatic rings. The van der Waals surface area contributed by atoms with Crippen LogP contribution in [0.3, 0.4) is 0 Å². The summed E-state index contributed by atoms with van der Waals surface area (Å²) in [6.07, 6.45) is 0. The Kier molecular flexibility index (Phi) is 5.14. The van der Waals surface area contributed by atoms with Gasteiger partial charge < -0.3 is 5.11 Å². The molecule has 1 aromatic carbocycles. The number of ketones is 1. The quantitative estimate of drug-likeness (QED) is 0.479. The third-order valence-electron chi connectivity index (χ3n) is 1.91. The van der Waals surface area contributed by atoms with Crippen molar-refractivity contribution in [2.45, 2.75) is 13.8 Å². The van der Waals surface area contributed by atoms with Crippen LogP contribution in [0.25, 0.3) is 0 Å². The van der Waals surface area contributed by atoms with Gasteiger partial charge in [-0.05, 0) is 19.1 Å². The Balaban J connectivity index is 3.20. The highest BCUT2D eigenvalue weighted by atomic mass is 35.5.